The zero-order chi connectivity index (χ0) is 22.1. The molecule has 1 aliphatic heterocycles. The predicted octanol–water partition coefficient (Wildman–Crippen LogP) is 3.09. The van der Waals surface area contributed by atoms with Crippen molar-refractivity contribution in [1.82, 2.24) is 9.78 Å². The van der Waals surface area contributed by atoms with Gasteiger partial charge in [-0.2, -0.15) is 5.10 Å². The van der Waals surface area contributed by atoms with Crippen LogP contribution < -0.4 is 15.8 Å². The number of carbonyl (C=O) groups is 2. The van der Waals surface area contributed by atoms with Crippen LogP contribution in [0.3, 0.4) is 0 Å². The van der Waals surface area contributed by atoms with Crippen LogP contribution in [0, 0.1) is 13.8 Å². The summed E-state index contributed by atoms with van der Waals surface area (Å²) in [6, 6.07) is 16.1. The van der Waals surface area contributed by atoms with E-state index in [0.29, 0.717) is 5.69 Å². The molecule has 7 heteroatoms. The van der Waals surface area contributed by atoms with Crippen molar-refractivity contribution >= 4 is 23.2 Å². The number of hydrogen-bond donors (Lipinski definition) is 1. The van der Waals surface area contributed by atoms with Gasteiger partial charge in [-0.05, 0) is 62.1 Å². The lowest BCUT2D eigenvalue weighted by atomic mass is 10.1. The molecular formula is C24H24N4O3. The maximum atomic E-state index is 13.2. The molecule has 1 N–H and O–H groups in total. The molecule has 7 nitrogen and oxygen atoms in total. The van der Waals surface area contributed by atoms with Crippen molar-refractivity contribution in [3.8, 4) is 0 Å². The van der Waals surface area contributed by atoms with Crippen LogP contribution in [0.1, 0.15) is 34.1 Å². The Morgan fingerprint density at radius 1 is 1.06 bits per heavy atom. The molecule has 0 aliphatic carbocycles. The lowest BCUT2D eigenvalue weighted by Gasteiger charge is -2.22. The monoisotopic (exact) mass is 416 g/mol. The summed E-state index contributed by atoms with van der Waals surface area (Å²) in [6.45, 7) is 5.58. The van der Waals surface area contributed by atoms with Crippen LogP contribution in [-0.4, -0.2) is 27.6 Å². The molecule has 0 bridgehead atoms. The Hall–Kier alpha value is -3.74. The number of rotatable bonds is 4. The van der Waals surface area contributed by atoms with Crippen molar-refractivity contribution in [2.75, 3.05) is 10.2 Å². The average molecular weight is 416 g/mol. The van der Waals surface area contributed by atoms with Crippen LogP contribution in [0.15, 0.2) is 59.4 Å². The van der Waals surface area contributed by atoms with Crippen LogP contribution in [0.25, 0.3) is 0 Å². The highest BCUT2D eigenvalue weighted by Gasteiger charge is 2.32. The van der Waals surface area contributed by atoms with Gasteiger partial charge in [0.05, 0.1) is 0 Å². The molecule has 2 aromatic carbocycles. The van der Waals surface area contributed by atoms with Gasteiger partial charge in [0, 0.05) is 23.5 Å². The normalized spacial score (nSPS) is 14.9. The Morgan fingerprint density at radius 2 is 1.84 bits per heavy atom. The van der Waals surface area contributed by atoms with E-state index in [1.54, 1.807) is 4.90 Å². The Morgan fingerprint density at radius 3 is 2.65 bits per heavy atom. The maximum absolute atomic E-state index is 13.2. The van der Waals surface area contributed by atoms with E-state index < -0.39 is 5.56 Å². The number of anilines is 2. The third kappa shape index (κ3) is 3.99. The van der Waals surface area contributed by atoms with Crippen molar-refractivity contribution in [2.45, 2.75) is 39.8 Å². The van der Waals surface area contributed by atoms with E-state index in [-0.39, 0.29) is 30.1 Å². The van der Waals surface area contributed by atoms with Crippen molar-refractivity contribution in [2.24, 2.45) is 0 Å². The van der Waals surface area contributed by atoms with Gasteiger partial charge in [-0.3, -0.25) is 14.4 Å². The van der Waals surface area contributed by atoms with Crippen LogP contribution in [0.5, 0.6) is 0 Å². The Balaban J connectivity index is 1.56. The first-order chi connectivity index (χ1) is 14.8. The first kappa shape index (κ1) is 20.5. The highest BCUT2D eigenvalue weighted by atomic mass is 16.2. The fourth-order valence-corrected chi connectivity index (χ4v) is 3.89. The number of hydrogen-bond acceptors (Lipinski definition) is 4. The topological polar surface area (TPSA) is 84.3 Å². The summed E-state index contributed by atoms with van der Waals surface area (Å²) in [4.78, 5) is 39.7. The molecule has 4 rings (SSSR count). The predicted molar refractivity (Wildman–Crippen MR) is 119 cm³/mol. The molecule has 2 heterocycles. The SMILES string of the molecule is Cc1cccc(NC(=O)Cn2nc(C(=O)N3c4ccccc4C[C@@H]3C)ccc2=O)c1C. The quantitative estimate of drug-likeness (QED) is 0.708. The second-order valence-corrected chi connectivity index (χ2v) is 7.87. The van der Waals surface area contributed by atoms with Gasteiger partial charge in [-0.25, -0.2) is 4.68 Å². The maximum Gasteiger partial charge on any atom is 0.278 e. The molecule has 1 aliphatic rings. The molecule has 3 aromatic rings. The standard InChI is InChI=1S/C24H24N4O3/c1-15-7-6-9-19(17(15)3)25-22(29)14-27-23(30)12-11-20(26-27)24(31)28-16(2)13-18-8-4-5-10-21(18)28/h4-12,16H,13-14H2,1-3H3,(H,25,29)/t16-/m0/s1. The van der Waals surface area contributed by atoms with E-state index in [2.05, 4.69) is 10.4 Å². The van der Waals surface area contributed by atoms with Gasteiger partial charge in [-0.1, -0.05) is 30.3 Å². The van der Waals surface area contributed by atoms with E-state index in [1.807, 2.05) is 63.2 Å². The highest BCUT2D eigenvalue weighted by Crippen LogP contribution is 2.32. The molecule has 0 saturated heterocycles. The Bertz CT molecular complexity index is 1230. The molecule has 0 radical (unpaired) electrons. The summed E-state index contributed by atoms with van der Waals surface area (Å²) in [7, 11) is 0. The van der Waals surface area contributed by atoms with Gasteiger partial charge in [-0.15, -0.1) is 0 Å². The second kappa shape index (κ2) is 8.18. The molecule has 0 spiro atoms. The van der Waals surface area contributed by atoms with Crippen molar-refractivity contribution in [1.29, 1.82) is 0 Å². The summed E-state index contributed by atoms with van der Waals surface area (Å²) in [6.07, 6.45) is 0.764. The number of nitrogens with zero attached hydrogens (tertiary/aromatic N) is 3. The number of carbonyl (C=O) groups excluding carboxylic acids is 2. The van der Waals surface area contributed by atoms with E-state index in [0.717, 1.165) is 33.5 Å². The summed E-state index contributed by atoms with van der Waals surface area (Å²) >= 11 is 0. The Kier molecular flexibility index (Phi) is 5.42. The van der Waals surface area contributed by atoms with Crippen LogP contribution >= 0.6 is 0 Å². The van der Waals surface area contributed by atoms with Gasteiger partial charge >= 0.3 is 0 Å². The van der Waals surface area contributed by atoms with E-state index in [9.17, 15) is 14.4 Å². The molecule has 0 saturated carbocycles. The van der Waals surface area contributed by atoms with Gasteiger partial charge in [0.1, 0.15) is 12.2 Å². The minimum absolute atomic E-state index is 0.0142. The summed E-state index contributed by atoms with van der Waals surface area (Å²) in [5, 5.41) is 7.01. The highest BCUT2D eigenvalue weighted by molar-refractivity contribution is 6.06. The molecule has 0 unspecified atom stereocenters. The minimum Gasteiger partial charge on any atom is -0.324 e. The van der Waals surface area contributed by atoms with Crippen molar-refractivity contribution in [3.63, 3.8) is 0 Å². The van der Waals surface area contributed by atoms with E-state index >= 15 is 0 Å². The number of nitrogens with one attached hydrogen (secondary N) is 1. The second-order valence-electron chi connectivity index (χ2n) is 7.87. The average Bonchev–Trinajstić information content (AvgIpc) is 3.08. The number of aryl methyl sites for hydroxylation is 1. The third-order valence-electron chi connectivity index (χ3n) is 5.68. The molecule has 1 aromatic heterocycles. The summed E-state index contributed by atoms with van der Waals surface area (Å²) in [5.41, 5.74) is 4.34. The van der Waals surface area contributed by atoms with Crippen molar-refractivity contribution in [3.05, 3.63) is 87.3 Å². The molecule has 31 heavy (non-hydrogen) atoms. The molecule has 2 amide bonds. The first-order valence-corrected chi connectivity index (χ1v) is 10.2. The first-order valence-electron chi connectivity index (χ1n) is 10.2. The van der Waals surface area contributed by atoms with Gasteiger partial charge in [0.25, 0.3) is 11.5 Å². The van der Waals surface area contributed by atoms with Crippen LogP contribution in [0.4, 0.5) is 11.4 Å². The number of benzene rings is 2. The fraction of sp³-hybridized carbons (Fsp3) is 0.250. The number of para-hydroxylation sites is 1. The Labute approximate surface area is 180 Å². The molecule has 0 fully saturated rings. The minimum atomic E-state index is -0.442. The third-order valence-corrected chi connectivity index (χ3v) is 5.68. The summed E-state index contributed by atoms with van der Waals surface area (Å²) in [5.74, 6) is -0.672. The zero-order valence-corrected chi connectivity index (χ0v) is 17.8. The van der Waals surface area contributed by atoms with Gasteiger partial charge in [0.2, 0.25) is 5.91 Å². The summed E-state index contributed by atoms with van der Waals surface area (Å²) < 4.78 is 1.03. The molecular weight excluding hydrogens is 392 g/mol. The van der Waals surface area contributed by atoms with Crippen LogP contribution in [-0.2, 0) is 17.8 Å². The number of amides is 2. The van der Waals surface area contributed by atoms with E-state index in [1.165, 1.54) is 12.1 Å². The van der Waals surface area contributed by atoms with Gasteiger partial charge < -0.3 is 10.2 Å². The van der Waals surface area contributed by atoms with Crippen molar-refractivity contribution < 1.29 is 9.59 Å². The molecule has 1 atom stereocenters. The lowest BCUT2D eigenvalue weighted by molar-refractivity contribution is -0.117. The number of fused-ring (bicyclic) bond motifs is 1. The van der Waals surface area contributed by atoms with Crippen LogP contribution in [0.2, 0.25) is 0 Å². The lowest BCUT2D eigenvalue weighted by Crippen LogP contribution is -2.38. The van der Waals surface area contributed by atoms with E-state index in [4.69, 9.17) is 0 Å². The largest absolute Gasteiger partial charge is 0.324 e. The van der Waals surface area contributed by atoms with Gasteiger partial charge in [0.15, 0.2) is 0 Å². The number of aromatic nitrogens is 2. The zero-order valence-electron chi connectivity index (χ0n) is 17.8. The fourth-order valence-electron chi connectivity index (χ4n) is 3.89. The smallest absolute Gasteiger partial charge is 0.278 e. The molecule has 158 valence electrons.